The molecule has 0 radical (unpaired) electrons. The van der Waals surface area contributed by atoms with Crippen molar-refractivity contribution in [2.75, 3.05) is 40.8 Å². The largest absolute Gasteiger partial charge is 0.354 e. The molecule has 1 aromatic rings. The van der Waals surface area contributed by atoms with Crippen molar-refractivity contribution in [1.29, 1.82) is 0 Å². The van der Waals surface area contributed by atoms with Gasteiger partial charge in [-0.2, -0.15) is 0 Å². The summed E-state index contributed by atoms with van der Waals surface area (Å²) in [6.07, 6.45) is 5.53. The van der Waals surface area contributed by atoms with Gasteiger partial charge in [0.25, 0.3) is 0 Å². The number of likely N-dealkylation sites (N-methyl/N-ethyl adjacent to an activating group) is 1. The summed E-state index contributed by atoms with van der Waals surface area (Å²) < 4.78 is 0. The van der Waals surface area contributed by atoms with Gasteiger partial charge in [0.1, 0.15) is 0 Å². The molecule has 1 aromatic carbocycles. The Morgan fingerprint density at radius 3 is 2.47 bits per heavy atom. The van der Waals surface area contributed by atoms with E-state index in [-0.39, 0.29) is 42.0 Å². The predicted molar refractivity (Wildman–Crippen MR) is 134 cm³/mol. The highest BCUT2D eigenvalue weighted by Crippen LogP contribution is 2.27. The van der Waals surface area contributed by atoms with E-state index in [1.54, 1.807) is 0 Å². The maximum Gasteiger partial charge on any atom is 0.225 e. The van der Waals surface area contributed by atoms with Crippen LogP contribution in [0.15, 0.2) is 29.3 Å². The number of likely N-dealkylation sites (tertiary alicyclic amines) is 1. The molecule has 2 fully saturated rings. The number of carbonyl (C=O) groups excluding carboxylic acids is 1. The van der Waals surface area contributed by atoms with Crippen LogP contribution in [0.5, 0.6) is 0 Å². The van der Waals surface area contributed by atoms with Crippen molar-refractivity contribution >= 4 is 35.8 Å². The molecule has 1 saturated carbocycles. The standard InChI is InChI=1S/C23H37N5O.HI/c1-17-9-11-18(12-10-17)21(27(3)4)15-25-23(24-2)26-20-13-14-28(16-20)22(29)19-7-5-6-8-19;/h9-12,19-21H,5-8,13-16H2,1-4H3,(H2,24,25,26);1H. The first kappa shape index (κ1) is 24.9. The minimum absolute atomic E-state index is 0. The van der Waals surface area contributed by atoms with Gasteiger partial charge in [0, 0.05) is 38.6 Å². The van der Waals surface area contributed by atoms with E-state index in [0.29, 0.717) is 5.91 Å². The Hall–Kier alpha value is -1.35. The van der Waals surface area contributed by atoms with E-state index >= 15 is 0 Å². The number of halogens is 1. The van der Waals surface area contributed by atoms with Crippen molar-refractivity contribution in [2.45, 2.75) is 51.1 Å². The van der Waals surface area contributed by atoms with Crippen LogP contribution in [0, 0.1) is 12.8 Å². The van der Waals surface area contributed by atoms with Crippen molar-refractivity contribution < 1.29 is 4.79 Å². The third kappa shape index (κ3) is 6.57. The van der Waals surface area contributed by atoms with Gasteiger partial charge in [0.2, 0.25) is 5.91 Å². The molecule has 1 aliphatic carbocycles. The fraction of sp³-hybridized carbons (Fsp3) is 0.652. The Labute approximate surface area is 198 Å². The molecule has 0 aromatic heterocycles. The zero-order valence-electron chi connectivity index (χ0n) is 18.9. The van der Waals surface area contributed by atoms with Crippen molar-refractivity contribution in [3.63, 3.8) is 0 Å². The van der Waals surface area contributed by atoms with Gasteiger partial charge in [-0.1, -0.05) is 42.7 Å². The number of hydrogen-bond donors (Lipinski definition) is 2. The van der Waals surface area contributed by atoms with E-state index in [2.05, 4.69) is 70.7 Å². The summed E-state index contributed by atoms with van der Waals surface area (Å²) in [5.74, 6) is 1.44. The minimum Gasteiger partial charge on any atom is -0.354 e. The summed E-state index contributed by atoms with van der Waals surface area (Å²) >= 11 is 0. The lowest BCUT2D eigenvalue weighted by molar-refractivity contribution is -0.134. The summed E-state index contributed by atoms with van der Waals surface area (Å²) in [5, 5.41) is 7.01. The monoisotopic (exact) mass is 527 g/mol. The molecule has 30 heavy (non-hydrogen) atoms. The van der Waals surface area contributed by atoms with E-state index in [0.717, 1.165) is 44.9 Å². The number of benzene rings is 1. The first-order valence-corrected chi connectivity index (χ1v) is 11.0. The SMILES string of the molecule is CN=C(NCC(c1ccc(C)cc1)N(C)C)NC1CCN(C(=O)C2CCCC2)C1.I. The number of rotatable bonds is 6. The fourth-order valence-corrected chi connectivity index (χ4v) is 4.48. The molecule has 1 aliphatic heterocycles. The first-order chi connectivity index (χ1) is 14.0. The van der Waals surface area contributed by atoms with Gasteiger partial charge in [-0.15, -0.1) is 24.0 Å². The average Bonchev–Trinajstić information content (AvgIpc) is 3.40. The Bertz CT molecular complexity index is 700. The van der Waals surface area contributed by atoms with Crippen LogP contribution < -0.4 is 10.6 Å². The van der Waals surface area contributed by atoms with E-state index in [4.69, 9.17) is 0 Å². The van der Waals surface area contributed by atoms with Crippen LogP contribution in [-0.4, -0.2) is 68.5 Å². The number of aryl methyl sites for hydroxylation is 1. The van der Waals surface area contributed by atoms with Crippen molar-refractivity contribution in [2.24, 2.45) is 10.9 Å². The topological polar surface area (TPSA) is 60.0 Å². The second-order valence-electron chi connectivity index (χ2n) is 8.74. The van der Waals surface area contributed by atoms with E-state index in [9.17, 15) is 4.79 Å². The molecule has 2 aliphatic rings. The van der Waals surface area contributed by atoms with E-state index < -0.39 is 0 Å². The third-order valence-electron chi connectivity index (χ3n) is 6.32. The van der Waals surface area contributed by atoms with Gasteiger partial charge in [-0.3, -0.25) is 9.79 Å². The Balaban J connectivity index is 0.00000320. The summed E-state index contributed by atoms with van der Waals surface area (Å²) in [6, 6.07) is 9.24. The lowest BCUT2D eigenvalue weighted by atomic mass is 10.0. The average molecular weight is 527 g/mol. The summed E-state index contributed by atoms with van der Waals surface area (Å²) in [4.78, 5) is 21.4. The number of carbonyl (C=O) groups is 1. The first-order valence-electron chi connectivity index (χ1n) is 11.0. The van der Waals surface area contributed by atoms with Gasteiger partial charge in [-0.25, -0.2) is 0 Å². The maximum atomic E-state index is 12.7. The van der Waals surface area contributed by atoms with Crippen LogP contribution in [0.1, 0.15) is 49.3 Å². The quantitative estimate of drug-likeness (QED) is 0.339. The molecule has 2 unspecified atom stereocenters. The Kier molecular flexibility index (Phi) is 9.87. The molecular formula is C23H38IN5O. The molecule has 2 atom stereocenters. The minimum atomic E-state index is 0. The Morgan fingerprint density at radius 2 is 1.87 bits per heavy atom. The van der Waals surface area contributed by atoms with Crippen LogP contribution in [0.2, 0.25) is 0 Å². The third-order valence-corrected chi connectivity index (χ3v) is 6.32. The summed E-state index contributed by atoms with van der Waals surface area (Å²) in [6.45, 7) is 4.52. The number of hydrogen-bond acceptors (Lipinski definition) is 3. The van der Waals surface area contributed by atoms with Crippen molar-refractivity contribution in [3.8, 4) is 0 Å². The van der Waals surface area contributed by atoms with Gasteiger partial charge in [0.05, 0.1) is 6.04 Å². The number of aliphatic imine (C=N–C) groups is 1. The highest BCUT2D eigenvalue weighted by atomic mass is 127. The molecule has 7 heteroatoms. The zero-order valence-corrected chi connectivity index (χ0v) is 21.2. The van der Waals surface area contributed by atoms with Gasteiger partial charge in [0.15, 0.2) is 5.96 Å². The van der Waals surface area contributed by atoms with Crippen LogP contribution in [0.4, 0.5) is 0 Å². The van der Waals surface area contributed by atoms with Crippen molar-refractivity contribution in [1.82, 2.24) is 20.4 Å². The second kappa shape index (κ2) is 11.9. The highest BCUT2D eigenvalue weighted by Gasteiger charge is 2.32. The number of nitrogens with zero attached hydrogens (tertiary/aromatic N) is 3. The van der Waals surface area contributed by atoms with Gasteiger partial charge in [-0.05, 0) is 45.8 Å². The number of amides is 1. The smallest absolute Gasteiger partial charge is 0.225 e. The molecule has 1 amide bonds. The molecule has 6 nitrogen and oxygen atoms in total. The molecule has 0 spiro atoms. The maximum absolute atomic E-state index is 12.7. The highest BCUT2D eigenvalue weighted by molar-refractivity contribution is 14.0. The number of nitrogens with one attached hydrogen (secondary N) is 2. The molecule has 2 N–H and O–H groups in total. The van der Waals surface area contributed by atoms with Crippen LogP contribution in [0.25, 0.3) is 0 Å². The van der Waals surface area contributed by atoms with E-state index in [1.807, 2.05) is 7.05 Å². The lowest BCUT2D eigenvalue weighted by Gasteiger charge is -2.27. The predicted octanol–water partition coefficient (Wildman–Crippen LogP) is 3.17. The second-order valence-corrected chi connectivity index (χ2v) is 8.74. The van der Waals surface area contributed by atoms with Gasteiger partial charge < -0.3 is 20.4 Å². The summed E-state index contributed by atoms with van der Waals surface area (Å²) in [7, 11) is 6.01. The molecule has 0 bridgehead atoms. The fourth-order valence-electron chi connectivity index (χ4n) is 4.48. The van der Waals surface area contributed by atoms with E-state index in [1.165, 1.54) is 24.0 Å². The molecular weight excluding hydrogens is 489 g/mol. The van der Waals surface area contributed by atoms with Gasteiger partial charge >= 0.3 is 0 Å². The zero-order chi connectivity index (χ0) is 20.8. The summed E-state index contributed by atoms with van der Waals surface area (Å²) in [5.41, 5.74) is 2.56. The molecule has 1 heterocycles. The lowest BCUT2D eigenvalue weighted by Crippen LogP contribution is -2.47. The van der Waals surface area contributed by atoms with Crippen LogP contribution in [-0.2, 0) is 4.79 Å². The number of guanidine groups is 1. The molecule has 3 rings (SSSR count). The molecule has 168 valence electrons. The van der Waals surface area contributed by atoms with Crippen molar-refractivity contribution in [3.05, 3.63) is 35.4 Å². The molecule has 1 saturated heterocycles. The van der Waals surface area contributed by atoms with Crippen LogP contribution >= 0.6 is 24.0 Å². The Morgan fingerprint density at radius 1 is 1.20 bits per heavy atom. The normalized spacial score (nSPS) is 20.9. The van der Waals surface area contributed by atoms with Crippen LogP contribution in [0.3, 0.4) is 0 Å².